The lowest BCUT2D eigenvalue weighted by atomic mass is 9.41. The summed E-state index contributed by atoms with van der Waals surface area (Å²) in [6, 6.07) is -0.727. The molecule has 5 rings (SSSR count). The molecule has 0 aromatic rings. The van der Waals surface area contributed by atoms with Crippen molar-refractivity contribution < 1.29 is 28.2 Å². The molecule has 258 valence electrons. The third kappa shape index (κ3) is 5.70. The van der Waals surface area contributed by atoms with E-state index in [0.717, 1.165) is 57.8 Å². The molecule has 0 aromatic carbocycles. The van der Waals surface area contributed by atoms with Crippen molar-refractivity contribution in [3.8, 4) is 0 Å². The van der Waals surface area contributed by atoms with E-state index in [1.54, 1.807) is 6.92 Å². The SMILES string of the molecule is CC[C@H]1[C@@H](O)[C@@H]2[C@H](CC[C@]3(C)[C@@H]([C@H](C)CCNC(=O)NS(=O)(=O)C[C@]4(C)C(=O)CC(C)C4(C)C)CC[C@@H]23)[C@@]2(C)CC[C@@H](O)C[C@@H]12. The quantitative estimate of drug-likeness (QED) is 0.258. The Morgan fingerprint density at radius 1 is 0.978 bits per heavy atom. The van der Waals surface area contributed by atoms with E-state index in [0.29, 0.717) is 48.5 Å². The molecule has 0 radical (unpaired) electrons. The molecule has 5 aliphatic rings. The van der Waals surface area contributed by atoms with Gasteiger partial charge in [-0.2, -0.15) is 0 Å². The van der Waals surface area contributed by atoms with Gasteiger partial charge in [0.1, 0.15) is 5.78 Å². The van der Waals surface area contributed by atoms with Crippen LogP contribution in [0.3, 0.4) is 0 Å². The van der Waals surface area contributed by atoms with E-state index in [2.05, 4.69) is 37.7 Å². The Bertz CT molecular complexity index is 1250. The highest BCUT2D eigenvalue weighted by molar-refractivity contribution is 7.90. The molecule has 0 heterocycles. The number of hydrogen-bond donors (Lipinski definition) is 4. The minimum Gasteiger partial charge on any atom is -0.393 e. The second kappa shape index (κ2) is 12.0. The Labute approximate surface area is 272 Å². The predicted molar refractivity (Wildman–Crippen MR) is 177 cm³/mol. The van der Waals surface area contributed by atoms with E-state index in [1.165, 1.54) is 0 Å². The maximum atomic E-state index is 13.0. The molecular formula is C36H62N2O6S. The molecule has 5 saturated carbocycles. The molecule has 2 amide bonds. The fourth-order valence-electron chi connectivity index (χ4n) is 12.1. The summed E-state index contributed by atoms with van der Waals surface area (Å²) >= 11 is 0. The Morgan fingerprint density at radius 3 is 2.24 bits per heavy atom. The van der Waals surface area contributed by atoms with Crippen molar-refractivity contribution in [3.63, 3.8) is 0 Å². The number of rotatable bonds is 8. The number of hydrogen-bond acceptors (Lipinski definition) is 6. The molecule has 9 heteroatoms. The molecule has 5 fully saturated rings. The Balaban J connectivity index is 1.19. The second-order valence-corrected chi connectivity index (χ2v) is 19.3. The number of sulfonamides is 1. The van der Waals surface area contributed by atoms with Gasteiger partial charge >= 0.3 is 6.03 Å². The van der Waals surface area contributed by atoms with Crippen LogP contribution in [0.5, 0.6) is 0 Å². The molecule has 0 bridgehead atoms. The van der Waals surface area contributed by atoms with Gasteiger partial charge in [0.25, 0.3) is 0 Å². The average molecular weight is 651 g/mol. The minimum atomic E-state index is -4.00. The topological polar surface area (TPSA) is 133 Å². The summed E-state index contributed by atoms with van der Waals surface area (Å²) in [5.74, 6) is 2.37. The second-order valence-electron chi connectivity index (χ2n) is 17.6. The molecular weight excluding hydrogens is 588 g/mol. The van der Waals surface area contributed by atoms with Crippen LogP contribution in [0, 0.1) is 69.0 Å². The van der Waals surface area contributed by atoms with Crippen LogP contribution < -0.4 is 10.0 Å². The minimum absolute atomic E-state index is 0.0607. The lowest BCUT2D eigenvalue weighted by molar-refractivity contribution is -0.203. The highest BCUT2D eigenvalue weighted by atomic mass is 32.2. The molecule has 0 spiro atoms. The maximum absolute atomic E-state index is 13.0. The molecule has 5 aliphatic carbocycles. The predicted octanol–water partition coefficient (Wildman–Crippen LogP) is 5.91. The van der Waals surface area contributed by atoms with Crippen molar-refractivity contribution in [3.05, 3.63) is 0 Å². The zero-order valence-electron chi connectivity index (χ0n) is 29.2. The Kier molecular flexibility index (Phi) is 9.40. The third-order valence-electron chi connectivity index (χ3n) is 15.5. The highest BCUT2D eigenvalue weighted by Gasteiger charge is 2.65. The smallest absolute Gasteiger partial charge is 0.328 e. The molecule has 0 saturated heterocycles. The van der Waals surface area contributed by atoms with E-state index < -0.39 is 32.6 Å². The number of carbonyl (C=O) groups is 2. The van der Waals surface area contributed by atoms with E-state index in [-0.39, 0.29) is 40.7 Å². The van der Waals surface area contributed by atoms with E-state index in [4.69, 9.17) is 0 Å². The van der Waals surface area contributed by atoms with Crippen molar-refractivity contribution >= 4 is 21.8 Å². The summed E-state index contributed by atoms with van der Waals surface area (Å²) in [6.07, 6.45) is 8.81. The summed E-state index contributed by atoms with van der Waals surface area (Å²) in [5, 5.41) is 25.3. The van der Waals surface area contributed by atoms with Crippen LogP contribution in [-0.2, 0) is 14.8 Å². The van der Waals surface area contributed by atoms with Crippen molar-refractivity contribution in [1.29, 1.82) is 0 Å². The van der Waals surface area contributed by atoms with Crippen LogP contribution in [0.25, 0.3) is 0 Å². The van der Waals surface area contributed by atoms with Gasteiger partial charge in [0.2, 0.25) is 10.0 Å². The van der Waals surface area contributed by atoms with Gasteiger partial charge in [-0.15, -0.1) is 0 Å². The van der Waals surface area contributed by atoms with Crippen LogP contribution >= 0.6 is 0 Å². The van der Waals surface area contributed by atoms with E-state index >= 15 is 0 Å². The highest BCUT2D eigenvalue weighted by Crippen LogP contribution is 2.69. The van der Waals surface area contributed by atoms with Gasteiger partial charge in [-0.1, -0.05) is 61.8 Å². The zero-order chi connectivity index (χ0) is 33.3. The van der Waals surface area contributed by atoms with Gasteiger partial charge < -0.3 is 15.5 Å². The van der Waals surface area contributed by atoms with Crippen LogP contribution in [0.2, 0.25) is 0 Å². The van der Waals surface area contributed by atoms with Crippen LogP contribution in [0.4, 0.5) is 4.79 Å². The molecule has 0 aliphatic heterocycles. The normalized spacial score (nSPS) is 46.5. The summed E-state index contributed by atoms with van der Waals surface area (Å²) in [6.45, 7) is 17.4. The zero-order valence-corrected chi connectivity index (χ0v) is 30.0. The monoisotopic (exact) mass is 650 g/mol. The maximum Gasteiger partial charge on any atom is 0.328 e. The lowest BCUT2D eigenvalue weighted by Crippen LogP contribution is -2.62. The summed E-state index contributed by atoms with van der Waals surface area (Å²) in [4.78, 5) is 25.5. The molecule has 45 heavy (non-hydrogen) atoms. The number of nitrogens with one attached hydrogen (secondary N) is 2. The largest absolute Gasteiger partial charge is 0.393 e. The van der Waals surface area contributed by atoms with Crippen molar-refractivity contribution in [1.82, 2.24) is 10.0 Å². The summed E-state index contributed by atoms with van der Waals surface area (Å²) in [7, 11) is -4.00. The number of aliphatic hydroxyl groups is 2. The first-order valence-corrected chi connectivity index (χ1v) is 19.7. The van der Waals surface area contributed by atoms with Gasteiger partial charge in [-0.25, -0.2) is 17.9 Å². The van der Waals surface area contributed by atoms with Gasteiger partial charge in [0.05, 0.1) is 18.0 Å². The van der Waals surface area contributed by atoms with Crippen LogP contribution in [0.1, 0.15) is 120 Å². The van der Waals surface area contributed by atoms with Crippen LogP contribution in [-0.4, -0.2) is 55.0 Å². The number of carbonyl (C=O) groups excluding carboxylic acids is 2. The standard InChI is InChI=1S/C36H62N2O6S/c1-9-24-28-19-23(39)12-15-35(28,7)27-13-16-34(6)25(10-11-26(34)30(27)31(24)41)21(2)14-17-37-32(42)38-45(43,44)20-36(8)29(40)18-22(3)33(36,4)5/h21-28,30-31,39,41H,9-20H2,1-8H3,(H2,37,38,42)/t21-,22?,23-,24-,25-,26+,27+,28+,30+,31-,34-,35-,36-/m1/s1. The van der Waals surface area contributed by atoms with Gasteiger partial charge in [-0.3, -0.25) is 4.79 Å². The van der Waals surface area contributed by atoms with Gasteiger partial charge in [-0.05, 0) is 115 Å². The number of Topliss-reactive ketones (excluding diaryl/α,β-unsaturated/α-hetero) is 1. The number of fused-ring (bicyclic) bond motifs is 5. The third-order valence-corrected chi connectivity index (χ3v) is 17.0. The van der Waals surface area contributed by atoms with Gasteiger partial charge in [0.15, 0.2) is 0 Å². The first-order chi connectivity index (χ1) is 20.8. The fourth-order valence-corrected chi connectivity index (χ4v) is 13.8. The van der Waals surface area contributed by atoms with Crippen molar-refractivity contribution in [2.75, 3.05) is 12.3 Å². The molecule has 13 atom stereocenters. The Hall–Kier alpha value is -1.19. The number of ketones is 1. The van der Waals surface area contributed by atoms with Crippen molar-refractivity contribution in [2.24, 2.45) is 69.0 Å². The number of urea groups is 1. The fraction of sp³-hybridized carbons (Fsp3) is 0.944. The molecule has 8 nitrogen and oxygen atoms in total. The lowest BCUT2D eigenvalue weighted by Gasteiger charge is -2.64. The first kappa shape index (κ1) is 35.1. The van der Waals surface area contributed by atoms with Gasteiger partial charge in [0, 0.05) is 18.4 Å². The van der Waals surface area contributed by atoms with E-state index in [9.17, 15) is 28.2 Å². The summed E-state index contributed by atoms with van der Waals surface area (Å²) < 4.78 is 28.2. The molecule has 4 N–H and O–H groups in total. The number of amides is 2. The molecule has 0 aromatic heterocycles. The molecule has 1 unspecified atom stereocenters. The summed E-state index contributed by atoms with van der Waals surface area (Å²) in [5.41, 5.74) is -1.21. The Morgan fingerprint density at radius 2 is 1.62 bits per heavy atom. The average Bonchev–Trinajstić information content (AvgIpc) is 3.36. The van der Waals surface area contributed by atoms with Crippen molar-refractivity contribution in [2.45, 2.75) is 132 Å². The van der Waals surface area contributed by atoms with Crippen LogP contribution in [0.15, 0.2) is 0 Å². The first-order valence-electron chi connectivity index (χ1n) is 18.0. The number of aliphatic hydroxyl groups excluding tert-OH is 2. The van der Waals surface area contributed by atoms with E-state index in [1.807, 2.05) is 20.8 Å².